The summed E-state index contributed by atoms with van der Waals surface area (Å²) in [6.45, 7) is 4.61. The van der Waals surface area contributed by atoms with Gasteiger partial charge in [0.2, 0.25) is 0 Å². The Bertz CT molecular complexity index is 1730. The molecule has 0 amide bonds. The molecule has 0 aliphatic carbocycles. The van der Waals surface area contributed by atoms with E-state index in [0.29, 0.717) is 0 Å². The third kappa shape index (κ3) is 9.02. The normalized spacial score (nSPS) is 12.1. The second kappa shape index (κ2) is 18.5. The van der Waals surface area contributed by atoms with Gasteiger partial charge < -0.3 is 0 Å². The lowest BCUT2D eigenvalue weighted by atomic mass is 9.94. The van der Waals surface area contributed by atoms with E-state index in [1.54, 1.807) is 11.1 Å². The smallest absolute Gasteiger partial charge is 0.0351 e. The lowest BCUT2D eigenvalue weighted by Crippen LogP contribution is -1.87. The van der Waals surface area contributed by atoms with Crippen molar-refractivity contribution < 1.29 is 0 Å². The molecule has 256 valence electrons. The SMILES string of the molecule is CCCCCCCCCCCCc1csc2cc3ccc4c5cc6c(CCCCCCCCCCCC)csc6cc5ccc4c3cc12. The molecule has 0 atom stereocenters. The zero-order valence-electron chi connectivity index (χ0n) is 30.1. The quantitative estimate of drug-likeness (QED) is 0.0496. The van der Waals surface area contributed by atoms with E-state index in [-0.39, 0.29) is 0 Å². The van der Waals surface area contributed by atoms with Crippen molar-refractivity contribution in [3.05, 3.63) is 70.4 Å². The van der Waals surface area contributed by atoms with Crippen molar-refractivity contribution in [1.29, 1.82) is 0 Å². The van der Waals surface area contributed by atoms with Gasteiger partial charge in [-0.3, -0.25) is 0 Å². The van der Waals surface area contributed by atoms with Gasteiger partial charge >= 0.3 is 0 Å². The van der Waals surface area contributed by atoms with Crippen molar-refractivity contribution in [2.45, 2.75) is 155 Å². The van der Waals surface area contributed by atoms with Crippen LogP contribution in [0.15, 0.2) is 59.3 Å². The fraction of sp³-hybridized carbons (Fsp3) is 0.522. The maximum Gasteiger partial charge on any atom is 0.0351 e. The Balaban J connectivity index is 1.11. The highest BCUT2D eigenvalue weighted by Crippen LogP contribution is 2.39. The summed E-state index contributed by atoms with van der Waals surface area (Å²) >= 11 is 3.88. The minimum absolute atomic E-state index is 1.22. The zero-order chi connectivity index (χ0) is 33.0. The number of benzene rings is 4. The van der Waals surface area contributed by atoms with Crippen molar-refractivity contribution in [3.8, 4) is 0 Å². The van der Waals surface area contributed by atoms with Gasteiger partial charge in [-0.15, -0.1) is 22.7 Å². The van der Waals surface area contributed by atoms with Gasteiger partial charge in [0.25, 0.3) is 0 Å². The fourth-order valence-electron chi connectivity index (χ4n) is 8.01. The van der Waals surface area contributed by atoms with Crippen LogP contribution in [-0.4, -0.2) is 0 Å². The average molecular weight is 677 g/mol. The van der Waals surface area contributed by atoms with Crippen LogP contribution in [-0.2, 0) is 12.8 Å². The molecular formula is C46H60S2. The largest absolute Gasteiger partial charge is 0.144 e. The molecule has 0 bridgehead atoms. The number of thiophene rings is 2. The standard InChI is InChI=1S/C46H60S2/c1-3-5-7-9-11-13-15-17-19-21-23-37-33-47-45-29-35-25-28-40-39(41(35)31-43(37)45)27-26-36-30-46-44(32-42(36)40)38(34-48-46)24-22-20-18-16-14-12-10-8-6-4-2/h25-34H,3-24H2,1-2H3. The van der Waals surface area contributed by atoms with Crippen molar-refractivity contribution >= 4 is 75.2 Å². The monoisotopic (exact) mass is 676 g/mol. The van der Waals surface area contributed by atoms with Crippen LogP contribution in [0.4, 0.5) is 0 Å². The first-order valence-corrected chi connectivity index (χ1v) is 21.7. The molecule has 0 saturated heterocycles. The first-order chi connectivity index (χ1) is 23.8. The van der Waals surface area contributed by atoms with Crippen molar-refractivity contribution in [1.82, 2.24) is 0 Å². The summed E-state index contributed by atoms with van der Waals surface area (Å²) in [6.07, 6.45) is 30.4. The second-order valence-corrected chi connectivity index (χ2v) is 16.6. The maximum atomic E-state index is 2.53. The van der Waals surface area contributed by atoms with Crippen molar-refractivity contribution in [2.75, 3.05) is 0 Å². The van der Waals surface area contributed by atoms with Crippen LogP contribution < -0.4 is 0 Å². The molecule has 0 radical (unpaired) electrons. The maximum absolute atomic E-state index is 2.53. The Morgan fingerprint density at radius 2 is 0.708 bits per heavy atom. The molecule has 6 aromatic rings. The van der Waals surface area contributed by atoms with Crippen LogP contribution in [0.5, 0.6) is 0 Å². The molecule has 48 heavy (non-hydrogen) atoms. The molecule has 2 aromatic heterocycles. The molecule has 2 heterocycles. The molecule has 0 fully saturated rings. The van der Waals surface area contributed by atoms with Crippen LogP contribution in [0.2, 0.25) is 0 Å². The van der Waals surface area contributed by atoms with Gasteiger partial charge in [0.1, 0.15) is 0 Å². The highest BCUT2D eigenvalue weighted by atomic mass is 32.1. The summed E-state index contributed by atoms with van der Waals surface area (Å²) in [5.41, 5.74) is 3.12. The average Bonchev–Trinajstić information content (AvgIpc) is 3.70. The Morgan fingerprint density at radius 3 is 1.08 bits per heavy atom. The third-order valence-electron chi connectivity index (χ3n) is 11.0. The number of fused-ring (bicyclic) bond motifs is 7. The predicted molar refractivity (Wildman–Crippen MR) is 221 cm³/mol. The molecule has 0 N–H and O–H groups in total. The van der Waals surface area contributed by atoms with Gasteiger partial charge in [-0.25, -0.2) is 0 Å². The minimum Gasteiger partial charge on any atom is -0.144 e. The molecule has 2 heteroatoms. The molecular weight excluding hydrogens is 617 g/mol. The van der Waals surface area contributed by atoms with Crippen LogP contribution in [0.3, 0.4) is 0 Å². The lowest BCUT2D eigenvalue weighted by Gasteiger charge is -2.10. The van der Waals surface area contributed by atoms with Crippen molar-refractivity contribution in [2.24, 2.45) is 0 Å². The number of unbranched alkanes of at least 4 members (excludes halogenated alkanes) is 18. The summed E-state index contributed by atoms with van der Waals surface area (Å²) in [7, 11) is 0. The fourth-order valence-corrected chi connectivity index (χ4v) is 10.1. The summed E-state index contributed by atoms with van der Waals surface area (Å²) in [4.78, 5) is 0. The van der Waals surface area contributed by atoms with E-state index in [9.17, 15) is 0 Å². The van der Waals surface area contributed by atoms with E-state index in [1.807, 2.05) is 22.7 Å². The van der Waals surface area contributed by atoms with Crippen LogP contribution in [0.1, 0.15) is 153 Å². The summed E-state index contributed by atoms with van der Waals surface area (Å²) < 4.78 is 2.89. The predicted octanol–water partition coefficient (Wildman–Crippen LogP) is 16.5. The summed E-state index contributed by atoms with van der Waals surface area (Å²) in [5, 5.41) is 16.3. The van der Waals surface area contributed by atoms with Crippen LogP contribution >= 0.6 is 22.7 Å². The lowest BCUT2D eigenvalue weighted by molar-refractivity contribution is 0.556. The molecule has 6 rings (SSSR count). The Kier molecular flexibility index (Phi) is 13.7. The highest BCUT2D eigenvalue weighted by molar-refractivity contribution is 7.17. The molecule has 0 saturated carbocycles. The number of rotatable bonds is 22. The van der Waals surface area contributed by atoms with E-state index in [4.69, 9.17) is 0 Å². The van der Waals surface area contributed by atoms with Gasteiger partial charge in [0, 0.05) is 9.40 Å². The molecule has 0 nitrogen and oxygen atoms in total. The Hall–Kier alpha value is -2.42. The van der Waals surface area contributed by atoms with E-state index in [0.717, 1.165) is 0 Å². The van der Waals surface area contributed by atoms with E-state index in [1.165, 1.54) is 194 Å². The van der Waals surface area contributed by atoms with Crippen LogP contribution in [0, 0.1) is 0 Å². The molecule has 4 aromatic carbocycles. The Morgan fingerprint density at radius 1 is 0.354 bits per heavy atom. The topological polar surface area (TPSA) is 0 Å². The first kappa shape index (κ1) is 35.4. The second-order valence-electron chi connectivity index (χ2n) is 14.8. The molecule has 0 unspecified atom stereocenters. The van der Waals surface area contributed by atoms with Gasteiger partial charge in [-0.1, -0.05) is 154 Å². The van der Waals surface area contributed by atoms with E-state index < -0.39 is 0 Å². The third-order valence-corrected chi connectivity index (χ3v) is 13.0. The van der Waals surface area contributed by atoms with E-state index >= 15 is 0 Å². The first-order valence-electron chi connectivity index (χ1n) is 20.0. The number of hydrogen-bond donors (Lipinski definition) is 0. The minimum atomic E-state index is 1.22. The van der Waals surface area contributed by atoms with Gasteiger partial charge in [0.05, 0.1) is 0 Å². The Labute approximate surface area is 299 Å². The summed E-state index contributed by atoms with van der Waals surface area (Å²) in [6, 6.07) is 19.5. The van der Waals surface area contributed by atoms with Crippen molar-refractivity contribution in [3.63, 3.8) is 0 Å². The zero-order valence-corrected chi connectivity index (χ0v) is 31.8. The number of aryl methyl sites for hydroxylation is 2. The molecule has 0 aliphatic heterocycles. The van der Waals surface area contributed by atoms with Gasteiger partial charge in [-0.2, -0.15) is 0 Å². The highest BCUT2D eigenvalue weighted by Gasteiger charge is 2.12. The van der Waals surface area contributed by atoms with Crippen LogP contribution in [0.25, 0.3) is 52.5 Å². The summed E-state index contributed by atoms with van der Waals surface area (Å²) in [5.74, 6) is 0. The van der Waals surface area contributed by atoms with E-state index in [2.05, 4.69) is 73.1 Å². The van der Waals surface area contributed by atoms with Gasteiger partial charge in [0.15, 0.2) is 0 Å². The van der Waals surface area contributed by atoms with Gasteiger partial charge in [-0.05, 0) is 115 Å². The molecule has 0 spiro atoms. The number of hydrogen-bond acceptors (Lipinski definition) is 2. The molecule has 0 aliphatic rings.